The van der Waals surface area contributed by atoms with Crippen LogP contribution in [0.2, 0.25) is 0 Å². The van der Waals surface area contributed by atoms with E-state index in [-0.39, 0.29) is 29.7 Å². The van der Waals surface area contributed by atoms with Crippen molar-refractivity contribution < 1.29 is 14.3 Å². The molecule has 4 aliphatic rings. The van der Waals surface area contributed by atoms with Crippen molar-refractivity contribution in [3.05, 3.63) is 84.4 Å². The average molecular weight is 571 g/mol. The lowest BCUT2D eigenvalue weighted by atomic mass is 9.53. The fraction of sp³-hybridized carbons (Fsp3) is 0.425. The Morgan fingerprint density at radius 1 is 0.674 bits per heavy atom. The molecule has 5 aromatic rings. The van der Waals surface area contributed by atoms with Crippen molar-refractivity contribution in [3.63, 3.8) is 0 Å². The summed E-state index contributed by atoms with van der Waals surface area (Å²) in [6.45, 7) is 8.54. The molecule has 0 saturated heterocycles. The molecule has 43 heavy (non-hydrogen) atoms. The molecule has 5 aromatic carbocycles. The van der Waals surface area contributed by atoms with Gasteiger partial charge in [0.25, 0.3) is 0 Å². The molecule has 0 aliphatic heterocycles. The highest BCUT2D eigenvalue weighted by Gasteiger charge is 2.55. The third kappa shape index (κ3) is 4.63. The highest BCUT2D eigenvalue weighted by Crippen LogP contribution is 2.57. The van der Waals surface area contributed by atoms with E-state index in [0.29, 0.717) is 23.7 Å². The van der Waals surface area contributed by atoms with E-state index in [1.807, 2.05) is 6.92 Å². The fourth-order valence-corrected chi connectivity index (χ4v) is 8.81. The number of hydrogen-bond donors (Lipinski definition) is 0. The molecule has 0 aromatic heterocycles. The van der Waals surface area contributed by atoms with Crippen LogP contribution in [0.1, 0.15) is 65.4 Å². The first-order valence-corrected chi connectivity index (χ1v) is 16.4. The van der Waals surface area contributed by atoms with Crippen LogP contribution < -0.4 is 0 Å². The lowest BCUT2D eigenvalue weighted by Crippen LogP contribution is -2.57. The van der Waals surface area contributed by atoms with Gasteiger partial charge in [-0.15, -0.1) is 0 Å². The molecular formula is C40H42O3. The number of rotatable bonds is 6. The maximum atomic E-state index is 12.6. The molecule has 220 valence electrons. The highest BCUT2D eigenvalue weighted by molar-refractivity contribution is 6.08. The van der Waals surface area contributed by atoms with Crippen molar-refractivity contribution in [1.29, 1.82) is 0 Å². The van der Waals surface area contributed by atoms with Gasteiger partial charge in [-0.1, -0.05) is 50.2 Å². The summed E-state index contributed by atoms with van der Waals surface area (Å²) < 4.78 is 13.2. The predicted molar refractivity (Wildman–Crippen MR) is 176 cm³/mol. The number of carbonyl (C=O) groups is 1. The lowest BCUT2D eigenvalue weighted by molar-refractivity contribution is -0.217. The number of hydrogen-bond acceptors (Lipinski definition) is 3. The number of ether oxygens (including phenoxy) is 2. The van der Waals surface area contributed by atoms with E-state index in [0.717, 1.165) is 32.1 Å². The zero-order valence-electron chi connectivity index (χ0n) is 25.8. The molecule has 4 fully saturated rings. The smallest absolute Gasteiger partial charge is 0.308 e. The van der Waals surface area contributed by atoms with E-state index >= 15 is 0 Å². The minimum Gasteiger partial charge on any atom is -0.462 e. The summed E-state index contributed by atoms with van der Waals surface area (Å²) in [7, 11) is 0. The SMILES string of the molecule is CCC(C)C(=O)OC1C2CC3CC1CC(C2)C3OC(C)(C)c1ccc2cc3cc4cc5ccccc5cc4cc3cc2c1. The normalized spacial score (nSPS) is 27.3. The van der Waals surface area contributed by atoms with E-state index in [1.165, 1.54) is 48.7 Å². The van der Waals surface area contributed by atoms with E-state index in [4.69, 9.17) is 9.47 Å². The van der Waals surface area contributed by atoms with Crippen LogP contribution in [0.5, 0.6) is 0 Å². The zero-order chi connectivity index (χ0) is 29.5. The molecule has 1 atom stereocenters. The number of carbonyl (C=O) groups excluding carboxylic acids is 1. The summed E-state index contributed by atoms with van der Waals surface area (Å²) in [6, 6.07) is 29.5. The molecule has 0 radical (unpaired) electrons. The summed E-state index contributed by atoms with van der Waals surface area (Å²) in [6.07, 6.45) is 5.74. The summed E-state index contributed by atoms with van der Waals surface area (Å²) in [5.74, 6) is 2.12. The molecule has 1 unspecified atom stereocenters. The van der Waals surface area contributed by atoms with Crippen LogP contribution in [0, 0.1) is 29.6 Å². The van der Waals surface area contributed by atoms with E-state index in [2.05, 4.69) is 99.6 Å². The number of fused-ring (bicyclic) bond motifs is 4. The number of benzene rings is 5. The summed E-state index contributed by atoms with van der Waals surface area (Å²) in [5, 5.41) is 10.2. The topological polar surface area (TPSA) is 35.5 Å². The van der Waals surface area contributed by atoms with Gasteiger partial charge in [-0.25, -0.2) is 0 Å². The van der Waals surface area contributed by atoms with Gasteiger partial charge in [0.05, 0.1) is 17.6 Å². The Morgan fingerprint density at radius 3 is 1.63 bits per heavy atom. The molecular weight excluding hydrogens is 528 g/mol. The van der Waals surface area contributed by atoms with Crippen LogP contribution in [-0.2, 0) is 19.9 Å². The maximum Gasteiger partial charge on any atom is 0.308 e. The Labute approximate surface area is 254 Å². The molecule has 0 N–H and O–H groups in total. The van der Waals surface area contributed by atoms with E-state index < -0.39 is 0 Å². The van der Waals surface area contributed by atoms with Crippen molar-refractivity contribution in [2.45, 2.75) is 77.6 Å². The van der Waals surface area contributed by atoms with Crippen molar-refractivity contribution in [2.24, 2.45) is 29.6 Å². The molecule has 3 nitrogen and oxygen atoms in total. The minimum atomic E-state index is -0.381. The third-order valence-corrected chi connectivity index (χ3v) is 11.3. The molecule has 0 heterocycles. The van der Waals surface area contributed by atoms with E-state index in [9.17, 15) is 4.79 Å². The van der Waals surface area contributed by atoms with Crippen molar-refractivity contribution >= 4 is 49.1 Å². The molecule has 0 spiro atoms. The van der Waals surface area contributed by atoms with Crippen molar-refractivity contribution in [2.75, 3.05) is 0 Å². The van der Waals surface area contributed by atoms with E-state index in [1.54, 1.807) is 0 Å². The van der Waals surface area contributed by atoms with Crippen molar-refractivity contribution in [3.8, 4) is 0 Å². The quantitative estimate of drug-likeness (QED) is 0.151. The molecule has 4 aliphatic carbocycles. The summed E-state index contributed by atoms with van der Waals surface area (Å²) in [5.41, 5.74) is 0.855. The Hall–Kier alpha value is -3.43. The first-order chi connectivity index (χ1) is 20.8. The van der Waals surface area contributed by atoms with Crippen LogP contribution in [0.4, 0.5) is 0 Å². The maximum absolute atomic E-state index is 12.6. The summed E-state index contributed by atoms with van der Waals surface area (Å²) in [4.78, 5) is 12.6. The average Bonchev–Trinajstić information content (AvgIpc) is 2.99. The lowest BCUT2D eigenvalue weighted by Gasteiger charge is -2.58. The van der Waals surface area contributed by atoms with Crippen LogP contribution in [0.15, 0.2) is 78.9 Å². The second kappa shape index (κ2) is 10.1. The predicted octanol–water partition coefficient (Wildman–Crippen LogP) is 9.94. The third-order valence-electron chi connectivity index (χ3n) is 11.3. The van der Waals surface area contributed by atoms with Gasteiger partial charge in [0.2, 0.25) is 0 Å². The first kappa shape index (κ1) is 27.1. The van der Waals surface area contributed by atoms with Crippen LogP contribution in [0.3, 0.4) is 0 Å². The fourth-order valence-electron chi connectivity index (χ4n) is 8.81. The molecule has 0 amide bonds. The highest BCUT2D eigenvalue weighted by atomic mass is 16.5. The van der Waals surface area contributed by atoms with Gasteiger partial charge < -0.3 is 9.47 Å². The first-order valence-electron chi connectivity index (χ1n) is 16.4. The zero-order valence-corrected chi connectivity index (χ0v) is 25.8. The van der Waals surface area contributed by atoms with Gasteiger partial charge in [-0.2, -0.15) is 0 Å². The molecule has 4 saturated carbocycles. The molecule has 3 heteroatoms. The Bertz CT molecular complexity index is 1850. The van der Waals surface area contributed by atoms with Crippen LogP contribution in [0.25, 0.3) is 43.1 Å². The van der Waals surface area contributed by atoms with Gasteiger partial charge in [-0.05, 0) is 161 Å². The standard InChI is InChI=1S/C40H42O3/c1-5-23(2)39(41)42-37-32-18-34-20-33(37)21-35(19-32)38(34)43-40(3,4)36-11-10-26-14-29-15-27-12-24-8-6-7-9-25(24)13-28(27)16-30(29)17-31(26)22-36/h6-17,22-23,32-35,37-38H,5,18-21H2,1-4H3. The van der Waals surface area contributed by atoms with Gasteiger partial charge in [-0.3, -0.25) is 4.79 Å². The number of esters is 1. The van der Waals surface area contributed by atoms with Gasteiger partial charge in [0.1, 0.15) is 6.10 Å². The van der Waals surface area contributed by atoms with Gasteiger partial charge in [0, 0.05) is 0 Å². The van der Waals surface area contributed by atoms with Gasteiger partial charge in [0.15, 0.2) is 0 Å². The molecule has 9 rings (SSSR count). The van der Waals surface area contributed by atoms with Crippen LogP contribution >= 0.6 is 0 Å². The van der Waals surface area contributed by atoms with Crippen molar-refractivity contribution in [1.82, 2.24) is 0 Å². The Kier molecular flexibility index (Phi) is 6.35. The van der Waals surface area contributed by atoms with Crippen LogP contribution in [-0.4, -0.2) is 18.2 Å². The molecule has 4 bridgehead atoms. The largest absolute Gasteiger partial charge is 0.462 e. The Balaban J connectivity index is 1.04. The minimum absolute atomic E-state index is 0.000305. The second-order valence-corrected chi connectivity index (χ2v) is 14.4. The monoisotopic (exact) mass is 570 g/mol. The van der Waals surface area contributed by atoms with Gasteiger partial charge >= 0.3 is 5.97 Å². The Morgan fingerprint density at radius 2 is 1.12 bits per heavy atom. The summed E-state index contributed by atoms with van der Waals surface area (Å²) >= 11 is 0. The second-order valence-electron chi connectivity index (χ2n) is 14.4.